The number of hydrogen-bond donors (Lipinski definition) is 1. The molecule has 1 aromatic carbocycles. The van der Waals surface area contributed by atoms with Gasteiger partial charge in [0.05, 0.1) is 6.10 Å². The fourth-order valence-electron chi connectivity index (χ4n) is 2.79. The third kappa shape index (κ3) is 3.20. The highest BCUT2D eigenvalue weighted by Gasteiger charge is 2.50. The van der Waals surface area contributed by atoms with Crippen LogP contribution < -0.4 is 0 Å². The van der Waals surface area contributed by atoms with Crippen molar-refractivity contribution in [1.82, 2.24) is 0 Å². The largest absolute Gasteiger partial charge is 0.361 e. The highest BCUT2D eigenvalue weighted by atomic mass is 16.7. The Morgan fingerprint density at radius 3 is 2.40 bits per heavy atom. The molecule has 1 saturated heterocycles. The van der Waals surface area contributed by atoms with E-state index in [0.29, 0.717) is 19.6 Å². The maximum atomic E-state index is 10.7. The van der Waals surface area contributed by atoms with Crippen molar-refractivity contribution in [2.45, 2.75) is 51.3 Å². The topological polar surface area (TPSA) is 47.9 Å². The van der Waals surface area contributed by atoms with Crippen LogP contribution >= 0.6 is 0 Å². The van der Waals surface area contributed by atoms with E-state index < -0.39 is 12.1 Å². The summed E-state index contributed by atoms with van der Waals surface area (Å²) in [6.45, 7) is 6.68. The smallest absolute Gasteiger partial charge is 0.219 e. The van der Waals surface area contributed by atoms with Gasteiger partial charge in [0.1, 0.15) is 0 Å². The summed E-state index contributed by atoms with van der Waals surface area (Å²) in [5, 5.41) is 10.7. The second-order valence-corrected chi connectivity index (χ2v) is 5.13. The second-order valence-electron chi connectivity index (χ2n) is 5.13. The van der Waals surface area contributed by atoms with E-state index in [2.05, 4.69) is 12.1 Å². The molecule has 0 amide bonds. The first-order chi connectivity index (χ1) is 9.60. The molecule has 0 spiro atoms. The van der Waals surface area contributed by atoms with Crippen molar-refractivity contribution in [2.75, 3.05) is 13.2 Å². The fourth-order valence-corrected chi connectivity index (χ4v) is 2.79. The molecule has 1 heterocycles. The van der Waals surface area contributed by atoms with Crippen LogP contribution in [0, 0.1) is 0 Å². The van der Waals surface area contributed by atoms with Gasteiger partial charge >= 0.3 is 0 Å². The van der Waals surface area contributed by atoms with Gasteiger partial charge in [-0.25, -0.2) is 0 Å². The van der Waals surface area contributed by atoms with Gasteiger partial charge in [0.2, 0.25) is 12.1 Å². The van der Waals surface area contributed by atoms with E-state index in [4.69, 9.17) is 14.2 Å². The number of rotatable bonds is 6. The van der Waals surface area contributed by atoms with Crippen LogP contribution in [0.25, 0.3) is 0 Å². The summed E-state index contributed by atoms with van der Waals surface area (Å²) >= 11 is 0. The molecular formula is C16H24O4. The number of ether oxygens (including phenoxy) is 3. The summed E-state index contributed by atoms with van der Waals surface area (Å²) in [5.74, 6) is -1.24. The Morgan fingerprint density at radius 2 is 1.85 bits per heavy atom. The molecule has 4 heteroatoms. The van der Waals surface area contributed by atoms with E-state index >= 15 is 0 Å². The van der Waals surface area contributed by atoms with Crippen molar-refractivity contribution in [2.24, 2.45) is 0 Å². The van der Waals surface area contributed by atoms with Crippen molar-refractivity contribution in [3.8, 4) is 0 Å². The van der Waals surface area contributed by atoms with E-state index in [0.717, 1.165) is 0 Å². The molecular weight excluding hydrogens is 256 g/mol. The summed E-state index contributed by atoms with van der Waals surface area (Å²) < 4.78 is 16.8. The van der Waals surface area contributed by atoms with E-state index in [-0.39, 0.29) is 12.0 Å². The molecule has 1 aromatic rings. The molecule has 1 fully saturated rings. The number of benzene rings is 1. The Morgan fingerprint density at radius 1 is 1.25 bits per heavy atom. The van der Waals surface area contributed by atoms with E-state index in [9.17, 15) is 5.11 Å². The van der Waals surface area contributed by atoms with Crippen molar-refractivity contribution in [3.05, 3.63) is 35.9 Å². The number of aliphatic hydroxyl groups is 1. The summed E-state index contributed by atoms with van der Waals surface area (Å²) in [6.07, 6.45) is -0.345. The summed E-state index contributed by atoms with van der Waals surface area (Å²) in [5.41, 5.74) is 1.17. The molecule has 3 atom stereocenters. The van der Waals surface area contributed by atoms with Gasteiger partial charge in [-0.05, 0) is 26.3 Å². The highest BCUT2D eigenvalue weighted by molar-refractivity contribution is 5.22. The van der Waals surface area contributed by atoms with Gasteiger partial charge in [-0.15, -0.1) is 0 Å². The third-order valence-corrected chi connectivity index (χ3v) is 3.70. The SMILES string of the molecule is CCOC(OCC)C1(O)C[C@@H](c2ccccc2)[C@H](C)O1. The third-order valence-electron chi connectivity index (χ3n) is 3.70. The normalized spacial score (nSPS) is 30.1. The molecule has 20 heavy (non-hydrogen) atoms. The van der Waals surface area contributed by atoms with Crippen LogP contribution in [0.15, 0.2) is 30.3 Å². The molecule has 1 aliphatic heterocycles. The lowest BCUT2D eigenvalue weighted by molar-refractivity contribution is -0.325. The lowest BCUT2D eigenvalue weighted by Gasteiger charge is -2.31. The molecule has 0 bridgehead atoms. The average molecular weight is 280 g/mol. The maximum Gasteiger partial charge on any atom is 0.219 e. The zero-order valence-electron chi connectivity index (χ0n) is 12.4. The summed E-state index contributed by atoms with van der Waals surface area (Å²) in [6, 6.07) is 10.1. The molecule has 0 radical (unpaired) electrons. The van der Waals surface area contributed by atoms with Gasteiger partial charge in [0.15, 0.2) is 0 Å². The standard InChI is InChI=1S/C16H24O4/c1-4-18-15(19-5-2)16(17)11-14(12(3)20-16)13-9-7-6-8-10-13/h6-10,12,14-15,17H,4-5,11H2,1-3H3/t12-,14+,16?/m0/s1. The minimum atomic E-state index is -1.38. The van der Waals surface area contributed by atoms with Crippen LogP contribution in [-0.2, 0) is 14.2 Å². The van der Waals surface area contributed by atoms with Crippen LogP contribution in [0.3, 0.4) is 0 Å². The molecule has 0 aromatic heterocycles. The maximum absolute atomic E-state index is 10.7. The first kappa shape index (κ1) is 15.4. The lowest BCUT2D eigenvalue weighted by Crippen LogP contribution is -2.45. The Hall–Kier alpha value is -0.940. The molecule has 1 unspecified atom stereocenters. The monoisotopic (exact) mass is 280 g/mol. The molecule has 1 aliphatic rings. The predicted octanol–water partition coefficient (Wildman–Crippen LogP) is 2.67. The van der Waals surface area contributed by atoms with E-state index in [1.165, 1.54) is 5.56 Å². The zero-order valence-corrected chi connectivity index (χ0v) is 12.4. The van der Waals surface area contributed by atoms with Crippen LogP contribution in [0.5, 0.6) is 0 Å². The van der Waals surface area contributed by atoms with Crippen LogP contribution in [-0.4, -0.2) is 36.5 Å². The highest BCUT2D eigenvalue weighted by Crippen LogP contribution is 2.42. The van der Waals surface area contributed by atoms with Crippen molar-refractivity contribution in [3.63, 3.8) is 0 Å². The lowest BCUT2D eigenvalue weighted by atomic mass is 9.90. The van der Waals surface area contributed by atoms with Crippen molar-refractivity contribution < 1.29 is 19.3 Å². The quantitative estimate of drug-likeness (QED) is 0.814. The molecule has 0 saturated carbocycles. The first-order valence-electron chi connectivity index (χ1n) is 7.29. The molecule has 2 rings (SSSR count). The second kappa shape index (κ2) is 6.68. The van der Waals surface area contributed by atoms with Crippen LogP contribution in [0.1, 0.15) is 38.7 Å². The minimum Gasteiger partial charge on any atom is -0.361 e. The minimum absolute atomic E-state index is 0.0780. The Kier molecular flexibility index (Phi) is 5.16. The van der Waals surface area contributed by atoms with Gasteiger partial charge in [0, 0.05) is 25.6 Å². The van der Waals surface area contributed by atoms with E-state index in [1.807, 2.05) is 39.0 Å². The van der Waals surface area contributed by atoms with Gasteiger partial charge in [0.25, 0.3) is 0 Å². The predicted molar refractivity (Wildman–Crippen MR) is 76.3 cm³/mol. The molecule has 0 aliphatic carbocycles. The molecule has 4 nitrogen and oxygen atoms in total. The Bertz CT molecular complexity index is 402. The van der Waals surface area contributed by atoms with Crippen LogP contribution in [0.2, 0.25) is 0 Å². The Labute approximate surface area is 120 Å². The molecule has 112 valence electrons. The summed E-state index contributed by atoms with van der Waals surface area (Å²) in [4.78, 5) is 0. The van der Waals surface area contributed by atoms with Gasteiger partial charge in [-0.2, -0.15) is 0 Å². The van der Waals surface area contributed by atoms with Crippen molar-refractivity contribution >= 4 is 0 Å². The van der Waals surface area contributed by atoms with Gasteiger partial charge < -0.3 is 19.3 Å². The zero-order chi connectivity index (χ0) is 14.6. The average Bonchev–Trinajstić information content (AvgIpc) is 2.76. The summed E-state index contributed by atoms with van der Waals surface area (Å²) in [7, 11) is 0. The van der Waals surface area contributed by atoms with E-state index in [1.54, 1.807) is 0 Å². The van der Waals surface area contributed by atoms with Gasteiger partial charge in [-0.1, -0.05) is 30.3 Å². The Balaban J connectivity index is 2.15. The molecule has 1 N–H and O–H groups in total. The van der Waals surface area contributed by atoms with Crippen molar-refractivity contribution in [1.29, 1.82) is 0 Å². The van der Waals surface area contributed by atoms with Crippen LogP contribution in [0.4, 0.5) is 0 Å². The van der Waals surface area contributed by atoms with Gasteiger partial charge in [-0.3, -0.25) is 0 Å². The first-order valence-corrected chi connectivity index (χ1v) is 7.29. The number of hydrogen-bond acceptors (Lipinski definition) is 4. The fraction of sp³-hybridized carbons (Fsp3) is 0.625.